The van der Waals surface area contributed by atoms with Crippen molar-refractivity contribution in [3.05, 3.63) is 78.6 Å². The van der Waals surface area contributed by atoms with Crippen molar-refractivity contribution in [3.8, 4) is 22.3 Å². The lowest BCUT2D eigenvalue weighted by molar-refractivity contribution is 0.885. The van der Waals surface area contributed by atoms with Crippen LogP contribution in [-0.2, 0) is 6.37 Å². The molecule has 0 aliphatic rings. The Kier molecular flexibility index (Phi) is 2.29. The van der Waals surface area contributed by atoms with Gasteiger partial charge in [-0.05, 0) is 29.1 Å². The van der Waals surface area contributed by atoms with E-state index in [4.69, 9.17) is 9.60 Å². The van der Waals surface area contributed by atoms with E-state index in [1.165, 1.54) is 6.20 Å². The van der Waals surface area contributed by atoms with Gasteiger partial charge >= 0.3 is 0 Å². The molecule has 1 nitrogen and oxygen atoms in total. The molecule has 0 atom stereocenters. The van der Waals surface area contributed by atoms with E-state index >= 15 is 0 Å². The Morgan fingerprint density at radius 3 is 2.24 bits per heavy atom. The molecule has 104 valence electrons. The van der Waals surface area contributed by atoms with Crippen molar-refractivity contribution < 1.29 is 9.60 Å². The van der Waals surface area contributed by atoms with E-state index in [-0.39, 0.29) is 5.69 Å². The third-order valence-electron chi connectivity index (χ3n) is 3.28. The van der Waals surface area contributed by atoms with Gasteiger partial charge in [0.05, 0.1) is 0 Å². The first-order chi connectivity index (χ1) is 13.1. The lowest BCUT2D eigenvalue weighted by Crippen LogP contribution is -1.96. The molecule has 0 saturated heterocycles. The van der Waals surface area contributed by atoms with Crippen LogP contribution in [0.4, 0.5) is 0 Å². The number of aryl methyl sites for hydroxylation is 1. The summed E-state index contributed by atoms with van der Waals surface area (Å²) in [4.78, 5) is 4.13. The van der Waals surface area contributed by atoms with Gasteiger partial charge in [-0.3, -0.25) is 4.98 Å². The van der Waals surface area contributed by atoms with Gasteiger partial charge in [0, 0.05) is 27.0 Å². The molecule has 0 aliphatic carbocycles. The first-order valence-electron chi connectivity index (χ1n) is 10.2. The molecule has 0 N–H and O–H groups in total. The minimum Gasteiger partial charge on any atom is -0.261 e. The number of nitrogens with zero attached hydrogens (tertiary/aromatic N) is 1. The van der Waals surface area contributed by atoms with Gasteiger partial charge in [-0.15, -0.1) is 0 Å². The maximum Gasteiger partial charge on any atom is 0.0488 e. The summed E-state index contributed by atoms with van der Waals surface area (Å²) in [5, 5.41) is 0. The second-order valence-corrected chi connectivity index (χ2v) is 4.56. The predicted molar refractivity (Wildman–Crippen MR) is 89.1 cm³/mol. The first kappa shape index (κ1) is 7.56. The van der Waals surface area contributed by atoms with Crippen LogP contribution in [0.5, 0.6) is 0 Å². The number of hydrogen-bond acceptors (Lipinski definition) is 1. The molecule has 0 radical (unpaired) electrons. The van der Waals surface area contributed by atoms with Crippen LogP contribution in [0.25, 0.3) is 22.3 Å². The molecular weight excluding hydrogens is 254 g/mol. The predicted octanol–water partition coefficient (Wildman–Crippen LogP) is 5.37. The smallest absolute Gasteiger partial charge is 0.0488 e. The molecule has 0 unspecified atom stereocenters. The number of aromatic nitrogens is 1. The van der Waals surface area contributed by atoms with Crippen LogP contribution in [0.1, 0.15) is 28.5 Å². The van der Waals surface area contributed by atoms with Gasteiger partial charge in [-0.25, -0.2) is 0 Å². The zero-order valence-corrected chi connectivity index (χ0v) is 11.4. The summed E-state index contributed by atoms with van der Waals surface area (Å²) in [6, 6.07) is 19.9. The highest BCUT2D eigenvalue weighted by Gasteiger charge is 2.12. The Hall–Kier alpha value is -2.41. The zero-order chi connectivity index (χ0) is 20.6. The van der Waals surface area contributed by atoms with Gasteiger partial charge < -0.3 is 0 Å². The van der Waals surface area contributed by atoms with Crippen molar-refractivity contribution in [2.45, 2.75) is 19.6 Å². The van der Waals surface area contributed by atoms with Crippen LogP contribution in [0, 0.1) is 0 Å². The number of rotatable bonds is 4. The summed E-state index contributed by atoms with van der Waals surface area (Å²) in [6.45, 7) is -3.16. The summed E-state index contributed by atoms with van der Waals surface area (Å²) in [5.74, 6) is 0. The van der Waals surface area contributed by atoms with Gasteiger partial charge in [-0.2, -0.15) is 0 Å². The molecule has 0 saturated carbocycles. The van der Waals surface area contributed by atoms with E-state index in [1.807, 2.05) is 36.4 Å². The second-order valence-electron chi connectivity index (χ2n) is 4.56. The van der Waals surface area contributed by atoms with E-state index < -0.39 is 19.6 Å². The molecule has 3 rings (SSSR count). The van der Waals surface area contributed by atoms with E-state index in [2.05, 4.69) is 4.98 Å². The number of pyridine rings is 1. The SMILES string of the molecule is [2H]C([2H])([2H])C([2H])([2H])C([2H])([2H])c1nccc(-c2ccccc2)c1-c1ccccc1. The van der Waals surface area contributed by atoms with Crippen LogP contribution >= 0.6 is 0 Å². The van der Waals surface area contributed by atoms with Crippen molar-refractivity contribution in [1.82, 2.24) is 4.98 Å². The highest BCUT2D eigenvalue weighted by molar-refractivity contribution is 5.84. The fourth-order valence-corrected chi connectivity index (χ4v) is 2.37. The minimum absolute atomic E-state index is 0.235. The van der Waals surface area contributed by atoms with Crippen LogP contribution in [0.2, 0.25) is 0 Å². The van der Waals surface area contributed by atoms with Crippen LogP contribution in [-0.4, -0.2) is 4.98 Å². The Morgan fingerprint density at radius 1 is 0.905 bits per heavy atom. The standard InChI is InChI=1S/C20H19N/c1-2-9-19-20(17-12-7-4-8-13-17)18(14-15-21-19)16-10-5-3-6-11-16/h3-8,10-15H,2,9H2,1H3/i1D3,2D2,9D2. The summed E-state index contributed by atoms with van der Waals surface area (Å²) in [6.07, 6.45) is -4.60. The maximum atomic E-state index is 8.44. The molecule has 2 aromatic carbocycles. The van der Waals surface area contributed by atoms with Gasteiger partial charge in [0.2, 0.25) is 0 Å². The minimum atomic E-state index is -3.16. The molecular formula is C20H19N. The van der Waals surface area contributed by atoms with Gasteiger partial charge in [0.15, 0.2) is 0 Å². The Bertz CT molecular complexity index is 951. The van der Waals surface area contributed by atoms with Crippen molar-refractivity contribution in [3.63, 3.8) is 0 Å². The lowest BCUT2D eigenvalue weighted by Gasteiger charge is -2.14. The van der Waals surface area contributed by atoms with E-state index in [1.54, 1.807) is 30.3 Å². The van der Waals surface area contributed by atoms with Crippen molar-refractivity contribution in [2.75, 3.05) is 0 Å². The Labute approximate surface area is 136 Å². The highest BCUT2D eigenvalue weighted by Crippen LogP contribution is 2.34. The average Bonchev–Trinajstić information content (AvgIpc) is 2.67. The molecule has 0 aliphatic heterocycles. The van der Waals surface area contributed by atoms with Crippen molar-refractivity contribution in [2.24, 2.45) is 0 Å². The van der Waals surface area contributed by atoms with E-state index in [0.717, 1.165) is 5.56 Å². The Balaban J connectivity index is 2.34. The second kappa shape index (κ2) is 6.36. The molecule has 0 bridgehead atoms. The molecule has 0 spiro atoms. The van der Waals surface area contributed by atoms with E-state index in [0.29, 0.717) is 16.7 Å². The summed E-state index contributed by atoms with van der Waals surface area (Å²) < 4.78 is 55.5. The topological polar surface area (TPSA) is 12.9 Å². The monoisotopic (exact) mass is 280 g/mol. The Morgan fingerprint density at radius 2 is 1.57 bits per heavy atom. The number of hydrogen-bond donors (Lipinski definition) is 0. The van der Waals surface area contributed by atoms with Crippen LogP contribution in [0.15, 0.2) is 72.9 Å². The van der Waals surface area contributed by atoms with Crippen molar-refractivity contribution >= 4 is 0 Å². The highest BCUT2D eigenvalue weighted by atomic mass is 14.7. The lowest BCUT2D eigenvalue weighted by atomic mass is 9.92. The largest absolute Gasteiger partial charge is 0.261 e. The van der Waals surface area contributed by atoms with Gasteiger partial charge in [0.1, 0.15) is 0 Å². The average molecular weight is 280 g/mol. The molecule has 0 fully saturated rings. The molecule has 1 aromatic heterocycles. The van der Waals surface area contributed by atoms with E-state index in [9.17, 15) is 0 Å². The first-order valence-corrected chi connectivity index (χ1v) is 6.68. The summed E-state index contributed by atoms with van der Waals surface area (Å²) >= 11 is 0. The molecule has 1 heterocycles. The van der Waals surface area contributed by atoms with Crippen LogP contribution in [0.3, 0.4) is 0 Å². The summed E-state index contributed by atoms with van der Waals surface area (Å²) in [5.41, 5.74) is 2.24. The van der Waals surface area contributed by atoms with Crippen molar-refractivity contribution in [1.29, 1.82) is 0 Å². The molecule has 3 aromatic rings. The molecule has 0 amide bonds. The quantitative estimate of drug-likeness (QED) is 0.626. The zero-order valence-electron chi connectivity index (χ0n) is 18.4. The molecule has 1 heteroatoms. The van der Waals surface area contributed by atoms with Gasteiger partial charge in [0.25, 0.3) is 0 Å². The normalized spacial score (nSPS) is 17.4. The maximum absolute atomic E-state index is 8.44. The third kappa shape index (κ3) is 2.87. The summed E-state index contributed by atoms with van der Waals surface area (Å²) in [7, 11) is 0. The molecule has 21 heavy (non-hydrogen) atoms. The fourth-order valence-electron chi connectivity index (χ4n) is 2.37. The van der Waals surface area contributed by atoms with Crippen LogP contribution < -0.4 is 0 Å². The third-order valence-corrected chi connectivity index (χ3v) is 3.28. The number of benzene rings is 2. The fraction of sp³-hybridized carbons (Fsp3) is 0.150. The van der Waals surface area contributed by atoms with Gasteiger partial charge in [-0.1, -0.05) is 73.9 Å².